The van der Waals surface area contributed by atoms with Crippen LogP contribution in [0.1, 0.15) is 27.5 Å². The van der Waals surface area contributed by atoms with Gasteiger partial charge in [-0.3, -0.25) is 4.79 Å². The number of hydrogen-bond acceptors (Lipinski definition) is 3. The van der Waals surface area contributed by atoms with Crippen molar-refractivity contribution in [1.82, 2.24) is 14.8 Å². The molecule has 0 saturated carbocycles. The largest absolute Gasteiger partial charge is 0.350 e. The molecule has 0 aliphatic rings. The standard InChI is InChI=1S/C20H23N3OS/c1-15-6-7-16(12-18(15)23-9-4-5-10-23)20(24)21-13-19(22(2)3)17-8-11-25-14-17/h4-12,14,19H,13H2,1-3H3,(H,21,24)/t19-/m0/s1. The fourth-order valence-electron chi connectivity index (χ4n) is 2.88. The molecule has 4 nitrogen and oxygen atoms in total. The highest BCUT2D eigenvalue weighted by atomic mass is 32.1. The lowest BCUT2D eigenvalue weighted by molar-refractivity contribution is 0.0942. The first-order valence-electron chi connectivity index (χ1n) is 8.27. The monoisotopic (exact) mass is 353 g/mol. The van der Waals surface area contributed by atoms with Crippen LogP contribution in [0.2, 0.25) is 0 Å². The number of benzene rings is 1. The summed E-state index contributed by atoms with van der Waals surface area (Å²) in [6.45, 7) is 2.63. The van der Waals surface area contributed by atoms with Crippen molar-refractivity contribution in [2.24, 2.45) is 0 Å². The van der Waals surface area contributed by atoms with E-state index in [0.29, 0.717) is 12.1 Å². The molecule has 0 aliphatic carbocycles. The van der Waals surface area contributed by atoms with Gasteiger partial charge < -0.3 is 14.8 Å². The number of carbonyl (C=O) groups excluding carboxylic acids is 1. The Hall–Kier alpha value is -2.37. The number of rotatable bonds is 6. The maximum atomic E-state index is 12.6. The van der Waals surface area contributed by atoms with Crippen LogP contribution in [-0.2, 0) is 0 Å². The number of aromatic nitrogens is 1. The van der Waals surface area contributed by atoms with Crippen LogP contribution in [0.3, 0.4) is 0 Å². The SMILES string of the molecule is Cc1ccc(C(=O)NC[C@@H](c2ccsc2)N(C)C)cc1-n1cccc1. The van der Waals surface area contributed by atoms with Crippen molar-refractivity contribution in [1.29, 1.82) is 0 Å². The van der Waals surface area contributed by atoms with E-state index in [2.05, 4.69) is 34.0 Å². The van der Waals surface area contributed by atoms with E-state index in [4.69, 9.17) is 0 Å². The van der Waals surface area contributed by atoms with Gasteiger partial charge in [-0.2, -0.15) is 11.3 Å². The van der Waals surface area contributed by atoms with Gasteiger partial charge in [0.05, 0.1) is 6.04 Å². The van der Waals surface area contributed by atoms with Crippen molar-refractivity contribution in [3.8, 4) is 5.69 Å². The summed E-state index contributed by atoms with van der Waals surface area (Å²) in [6.07, 6.45) is 3.98. The highest BCUT2D eigenvalue weighted by molar-refractivity contribution is 7.07. The average molecular weight is 353 g/mol. The zero-order chi connectivity index (χ0) is 17.8. The molecular weight excluding hydrogens is 330 g/mol. The van der Waals surface area contributed by atoms with Gasteiger partial charge in [0.2, 0.25) is 0 Å². The smallest absolute Gasteiger partial charge is 0.251 e. The first-order valence-corrected chi connectivity index (χ1v) is 9.21. The molecular formula is C20H23N3OS. The number of likely N-dealkylation sites (N-methyl/N-ethyl adjacent to an activating group) is 1. The Morgan fingerprint density at radius 2 is 2.00 bits per heavy atom. The molecule has 2 heterocycles. The number of thiophene rings is 1. The van der Waals surface area contributed by atoms with Crippen LogP contribution >= 0.6 is 11.3 Å². The second kappa shape index (κ2) is 7.68. The van der Waals surface area contributed by atoms with Gasteiger partial charge in [-0.15, -0.1) is 0 Å². The summed E-state index contributed by atoms with van der Waals surface area (Å²) < 4.78 is 2.03. The van der Waals surface area contributed by atoms with Gasteiger partial charge in [-0.05, 0) is 73.2 Å². The Labute approximate surface area is 152 Å². The van der Waals surface area contributed by atoms with Crippen LogP contribution in [0, 0.1) is 6.92 Å². The third-order valence-electron chi connectivity index (χ3n) is 4.36. The van der Waals surface area contributed by atoms with Crippen LogP contribution in [0.5, 0.6) is 0 Å². The number of nitrogens with one attached hydrogen (secondary N) is 1. The van der Waals surface area contributed by atoms with Crippen LogP contribution in [0.15, 0.2) is 59.6 Å². The highest BCUT2D eigenvalue weighted by Gasteiger charge is 2.16. The summed E-state index contributed by atoms with van der Waals surface area (Å²) in [6, 6.07) is 12.1. The molecule has 0 saturated heterocycles. The van der Waals surface area contributed by atoms with E-state index < -0.39 is 0 Å². The Kier molecular flexibility index (Phi) is 5.36. The summed E-state index contributed by atoms with van der Waals surface area (Å²) in [5, 5.41) is 7.27. The van der Waals surface area contributed by atoms with Crippen molar-refractivity contribution in [2.45, 2.75) is 13.0 Å². The maximum Gasteiger partial charge on any atom is 0.251 e. The molecule has 0 radical (unpaired) electrons. The molecule has 25 heavy (non-hydrogen) atoms. The predicted molar refractivity (Wildman–Crippen MR) is 104 cm³/mol. The lowest BCUT2D eigenvalue weighted by Gasteiger charge is -2.24. The lowest BCUT2D eigenvalue weighted by atomic mass is 10.1. The first-order chi connectivity index (χ1) is 12.1. The van der Waals surface area contributed by atoms with Gasteiger partial charge in [-0.25, -0.2) is 0 Å². The summed E-state index contributed by atoms with van der Waals surface area (Å²) in [4.78, 5) is 14.8. The van der Waals surface area contributed by atoms with Crippen molar-refractivity contribution in [3.05, 3.63) is 76.2 Å². The van der Waals surface area contributed by atoms with Gasteiger partial charge in [-0.1, -0.05) is 6.07 Å². The number of aryl methyl sites for hydroxylation is 1. The molecule has 1 amide bonds. The Morgan fingerprint density at radius 1 is 1.24 bits per heavy atom. The molecule has 3 rings (SSSR count). The molecule has 130 valence electrons. The van der Waals surface area contributed by atoms with Crippen molar-refractivity contribution in [2.75, 3.05) is 20.6 Å². The molecule has 1 aromatic carbocycles. The zero-order valence-electron chi connectivity index (χ0n) is 14.8. The average Bonchev–Trinajstić information content (AvgIpc) is 3.29. The van der Waals surface area contributed by atoms with Crippen molar-refractivity contribution in [3.63, 3.8) is 0 Å². The van der Waals surface area contributed by atoms with E-state index in [1.54, 1.807) is 11.3 Å². The third-order valence-corrected chi connectivity index (χ3v) is 5.06. The Balaban J connectivity index is 1.74. The van der Waals surface area contributed by atoms with Crippen LogP contribution < -0.4 is 5.32 Å². The zero-order valence-corrected chi connectivity index (χ0v) is 15.6. The van der Waals surface area contributed by atoms with Crippen LogP contribution in [0.25, 0.3) is 5.69 Å². The number of nitrogens with zero attached hydrogens (tertiary/aromatic N) is 2. The molecule has 0 bridgehead atoms. The Bertz CT molecular complexity index is 823. The van der Waals surface area contributed by atoms with Gasteiger partial charge in [0.1, 0.15) is 0 Å². The molecule has 3 aromatic rings. The summed E-state index contributed by atoms with van der Waals surface area (Å²) in [5.74, 6) is -0.0458. The molecule has 1 N–H and O–H groups in total. The minimum absolute atomic E-state index is 0.0458. The molecule has 5 heteroatoms. The number of hydrogen-bond donors (Lipinski definition) is 1. The van der Waals surface area contributed by atoms with Crippen LogP contribution in [0.4, 0.5) is 0 Å². The van der Waals surface area contributed by atoms with Gasteiger partial charge in [0, 0.05) is 30.2 Å². The quantitative estimate of drug-likeness (QED) is 0.730. The van der Waals surface area contributed by atoms with E-state index in [0.717, 1.165) is 11.3 Å². The second-order valence-electron chi connectivity index (χ2n) is 6.34. The maximum absolute atomic E-state index is 12.6. The fourth-order valence-corrected chi connectivity index (χ4v) is 3.59. The first kappa shape index (κ1) is 17.5. The predicted octanol–water partition coefficient (Wildman–Crippen LogP) is 3.88. The summed E-state index contributed by atoms with van der Waals surface area (Å²) >= 11 is 1.68. The normalized spacial score (nSPS) is 12.3. The third kappa shape index (κ3) is 4.00. The van der Waals surface area contributed by atoms with Gasteiger partial charge in [0.25, 0.3) is 5.91 Å². The van der Waals surface area contributed by atoms with Crippen molar-refractivity contribution >= 4 is 17.2 Å². The Morgan fingerprint density at radius 3 is 2.64 bits per heavy atom. The lowest BCUT2D eigenvalue weighted by Crippen LogP contribution is -2.34. The molecule has 2 aromatic heterocycles. The van der Waals surface area contributed by atoms with Crippen molar-refractivity contribution < 1.29 is 4.79 Å². The molecule has 0 unspecified atom stereocenters. The van der Waals surface area contributed by atoms with E-state index in [9.17, 15) is 4.79 Å². The highest BCUT2D eigenvalue weighted by Crippen LogP contribution is 2.21. The second-order valence-corrected chi connectivity index (χ2v) is 7.12. The number of carbonyl (C=O) groups is 1. The van der Waals surface area contributed by atoms with E-state index >= 15 is 0 Å². The number of amides is 1. The fraction of sp³-hybridized carbons (Fsp3) is 0.250. The molecule has 1 atom stereocenters. The molecule has 0 fully saturated rings. The van der Waals surface area contributed by atoms with Crippen LogP contribution in [-0.4, -0.2) is 36.0 Å². The molecule has 0 spiro atoms. The molecule has 0 aliphatic heterocycles. The van der Waals surface area contributed by atoms with E-state index in [1.165, 1.54) is 5.56 Å². The van der Waals surface area contributed by atoms with Gasteiger partial charge >= 0.3 is 0 Å². The summed E-state index contributed by atoms with van der Waals surface area (Å²) in [7, 11) is 4.06. The van der Waals surface area contributed by atoms with E-state index in [1.807, 2.05) is 61.4 Å². The minimum Gasteiger partial charge on any atom is -0.350 e. The minimum atomic E-state index is -0.0458. The summed E-state index contributed by atoms with van der Waals surface area (Å²) in [5.41, 5.74) is 4.07. The van der Waals surface area contributed by atoms with E-state index in [-0.39, 0.29) is 11.9 Å². The topological polar surface area (TPSA) is 37.3 Å². The van der Waals surface area contributed by atoms with Gasteiger partial charge in [0.15, 0.2) is 0 Å².